The van der Waals surface area contributed by atoms with E-state index in [0.717, 1.165) is 50.1 Å². The van der Waals surface area contributed by atoms with Crippen LogP contribution in [0.4, 0.5) is 11.4 Å². The molecule has 1 heterocycles. The van der Waals surface area contributed by atoms with Gasteiger partial charge in [0.25, 0.3) is 0 Å². The standard InChI is InChI=1S/C50H35NO/c1-3-16-42-40-21-9-13-27-46(40)50(44-25-11-7-19-38(44)39-20-8-12-26-45(39)50)48(42)33(2)51(35-17-5-4-6-18-35)36-31-29-34(30-32-36)37-23-15-24-43-41-22-10-14-28-47(41)52-49(37)43/h3-32H,2H2,1H3/b16-3-. The number of hydrogen-bond donors (Lipinski definition) is 0. The van der Waals surface area contributed by atoms with Crippen LogP contribution in [0, 0.1) is 0 Å². The monoisotopic (exact) mass is 665 g/mol. The second-order valence-electron chi connectivity index (χ2n) is 13.6. The summed E-state index contributed by atoms with van der Waals surface area (Å²) < 4.78 is 6.43. The molecule has 0 saturated heterocycles. The van der Waals surface area contributed by atoms with Crippen LogP contribution in [0.3, 0.4) is 0 Å². The largest absolute Gasteiger partial charge is 0.455 e. The fourth-order valence-electron chi connectivity index (χ4n) is 8.94. The summed E-state index contributed by atoms with van der Waals surface area (Å²) in [4.78, 5) is 2.33. The average Bonchev–Trinajstić information content (AvgIpc) is 3.83. The molecule has 10 rings (SSSR count). The van der Waals surface area contributed by atoms with Crippen molar-refractivity contribution in [3.05, 3.63) is 222 Å². The van der Waals surface area contributed by atoms with E-state index < -0.39 is 5.41 Å². The topological polar surface area (TPSA) is 16.4 Å². The van der Waals surface area contributed by atoms with Gasteiger partial charge in [0.1, 0.15) is 11.2 Å². The lowest BCUT2D eigenvalue weighted by Crippen LogP contribution is -2.32. The molecule has 0 fully saturated rings. The van der Waals surface area contributed by atoms with Crippen LogP contribution >= 0.6 is 0 Å². The van der Waals surface area contributed by atoms with Crippen molar-refractivity contribution >= 4 is 38.9 Å². The van der Waals surface area contributed by atoms with Gasteiger partial charge in [-0.1, -0.05) is 158 Å². The number of nitrogens with zero attached hydrogens (tertiary/aromatic N) is 1. The Bertz CT molecular complexity index is 2720. The predicted octanol–water partition coefficient (Wildman–Crippen LogP) is 13.3. The third-order valence-corrected chi connectivity index (χ3v) is 11.0. The molecule has 0 bridgehead atoms. The van der Waals surface area contributed by atoms with Crippen molar-refractivity contribution in [3.63, 3.8) is 0 Å². The summed E-state index contributed by atoms with van der Waals surface area (Å²) in [5.41, 5.74) is 16.5. The minimum absolute atomic E-state index is 0.542. The van der Waals surface area contributed by atoms with E-state index in [2.05, 4.69) is 182 Å². The van der Waals surface area contributed by atoms with Gasteiger partial charge >= 0.3 is 0 Å². The minimum atomic E-state index is -0.542. The van der Waals surface area contributed by atoms with E-state index in [1.807, 2.05) is 12.1 Å². The lowest BCUT2D eigenvalue weighted by molar-refractivity contribution is 0.670. The first-order chi connectivity index (χ1) is 25.7. The van der Waals surface area contributed by atoms with Crippen LogP contribution in [0.2, 0.25) is 0 Å². The molecule has 1 spiro atoms. The molecule has 2 aliphatic carbocycles. The molecule has 0 aliphatic heterocycles. The van der Waals surface area contributed by atoms with Crippen molar-refractivity contribution < 1.29 is 4.42 Å². The van der Waals surface area contributed by atoms with Gasteiger partial charge in [0.05, 0.1) is 5.41 Å². The fourth-order valence-corrected chi connectivity index (χ4v) is 8.94. The Morgan fingerprint density at radius 2 is 1.08 bits per heavy atom. The second-order valence-corrected chi connectivity index (χ2v) is 13.6. The molecule has 8 aromatic rings. The lowest BCUT2D eigenvalue weighted by atomic mass is 9.68. The second kappa shape index (κ2) is 11.7. The molecule has 52 heavy (non-hydrogen) atoms. The van der Waals surface area contributed by atoms with Crippen LogP contribution in [0.15, 0.2) is 204 Å². The van der Waals surface area contributed by atoms with Crippen molar-refractivity contribution in [2.75, 3.05) is 4.90 Å². The number of anilines is 2. The van der Waals surface area contributed by atoms with Crippen LogP contribution in [0.25, 0.3) is 49.8 Å². The van der Waals surface area contributed by atoms with Gasteiger partial charge in [-0.2, -0.15) is 0 Å². The third-order valence-electron chi connectivity index (χ3n) is 11.0. The summed E-state index contributed by atoms with van der Waals surface area (Å²) in [5.74, 6) is 0. The number of fused-ring (bicyclic) bond motifs is 10. The molecule has 246 valence electrons. The molecular weight excluding hydrogens is 631 g/mol. The molecule has 2 heteroatoms. The Hall–Kier alpha value is -6.64. The van der Waals surface area contributed by atoms with E-state index in [4.69, 9.17) is 11.0 Å². The number of para-hydroxylation sites is 3. The van der Waals surface area contributed by atoms with Gasteiger partial charge in [-0.25, -0.2) is 0 Å². The Kier molecular flexibility index (Phi) is 6.81. The summed E-state index contributed by atoms with van der Waals surface area (Å²) in [7, 11) is 0. The van der Waals surface area contributed by atoms with Crippen molar-refractivity contribution in [1.82, 2.24) is 0 Å². The van der Waals surface area contributed by atoms with Crippen molar-refractivity contribution in [2.45, 2.75) is 12.3 Å². The Balaban J connectivity index is 1.19. The Morgan fingerprint density at radius 3 is 1.77 bits per heavy atom. The van der Waals surface area contributed by atoms with Gasteiger partial charge in [0, 0.05) is 39.0 Å². The molecule has 2 aliphatic rings. The molecule has 1 aromatic heterocycles. The van der Waals surface area contributed by atoms with Crippen LogP contribution in [0.5, 0.6) is 0 Å². The van der Waals surface area contributed by atoms with Crippen molar-refractivity contribution in [1.29, 1.82) is 0 Å². The van der Waals surface area contributed by atoms with E-state index in [9.17, 15) is 0 Å². The van der Waals surface area contributed by atoms with Gasteiger partial charge in [-0.3, -0.25) is 0 Å². The summed E-state index contributed by atoms with van der Waals surface area (Å²) in [6.45, 7) is 7.14. The van der Waals surface area contributed by atoms with Crippen LogP contribution in [-0.2, 0) is 5.41 Å². The van der Waals surface area contributed by atoms with Crippen LogP contribution in [0.1, 0.15) is 29.2 Å². The van der Waals surface area contributed by atoms with E-state index in [1.54, 1.807) is 0 Å². The number of allylic oxidation sites excluding steroid dienone is 4. The molecule has 2 nitrogen and oxygen atoms in total. The maximum atomic E-state index is 6.43. The maximum Gasteiger partial charge on any atom is 0.143 e. The molecule has 0 unspecified atom stereocenters. The van der Waals surface area contributed by atoms with Gasteiger partial charge in [0.2, 0.25) is 0 Å². The predicted molar refractivity (Wildman–Crippen MR) is 217 cm³/mol. The highest BCUT2D eigenvalue weighted by Gasteiger charge is 2.53. The summed E-state index contributed by atoms with van der Waals surface area (Å²) in [6.07, 6.45) is 4.43. The number of rotatable bonds is 6. The van der Waals surface area contributed by atoms with Crippen molar-refractivity contribution in [3.8, 4) is 22.3 Å². The Morgan fingerprint density at radius 1 is 0.538 bits per heavy atom. The zero-order chi connectivity index (χ0) is 34.8. The average molecular weight is 666 g/mol. The van der Waals surface area contributed by atoms with Gasteiger partial charge in [0.15, 0.2) is 0 Å². The smallest absolute Gasteiger partial charge is 0.143 e. The molecule has 0 radical (unpaired) electrons. The number of benzene rings is 7. The molecular formula is C50H35NO. The highest BCUT2D eigenvalue weighted by atomic mass is 16.3. The first kappa shape index (κ1) is 30.2. The van der Waals surface area contributed by atoms with Gasteiger partial charge < -0.3 is 9.32 Å². The number of hydrogen-bond acceptors (Lipinski definition) is 2. The molecule has 0 saturated carbocycles. The first-order valence-electron chi connectivity index (χ1n) is 17.9. The SMILES string of the molecule is C=C(C1=C(/C=C\C)c2ccccc2C12c1ccccc1-c1ccccc12)N(c1ccccc1)c1ccc(-c2cccc3c2oc2ccccc23)cc1. The fraction of sp³-hybridized carbons (Fsp3) is 0.0400. The zero-order valence-corrected chi connectivity index (χ0v) is 28.9. The minimum Gasteiger partial charge on any atom is -0.455 e. The normalized spacial score (nSPS) is 13.9. The van der Waals surface area contributed by atoms with Crippen LogP contribution in [-0.4, -0.2) is 0 Å². The highest BCUT2D eigenvalue weighted by molar-refractivity contribution is 6.09. The molecule has 0 N–H and O–H groups in total. The van der Waals surface area contributed by atoms with E-state index in [1.165, 1.54) is 44.5 Å². The van der Waals surface area contributed by atoms with Crippen molar-refractivity contribution in [2.24, 2.45) is 0 Å². The maximum absolute atomic E-state index is 6.43. The lowest BCUT2D eigenvalue weighted by Gasteiger charge is -2.37. The summed E-state index contributed by atoms with van der Waals surface area (Å²) in [6, 6.07) is 60.9. The van der Waals surface area contributed by atoms with Gasteiger partial charge in [-0.15, -0.1) is 0 Å². The quantitative estimate of drug-likeness (QED) is 0.176. The molecule has 0 amide bonds. The highest BCUT2D eigenvalue weighted by Crippen LogP contribution is 2.64. The number of furan rings is 1. The third kappa shape index (κ3) is 4.18. The van der Waals surface area contributed by atoms with Crippen LogP contribution < -0.4 is 4.90 Å². The first-order valence-corrected chi connectivity index (χ1v) is 17.9. The van der Waals surface area contributed by atoms with E-state index >= 15 is 0 Å². The van der Waals surface area contributed by atoms with E-state index in [-0.39, 0.29) is 0 Å². The van der Waals surface area contributed by atoms with E-state index in [0.29, 0.717) is 0 Å². The molecule has 7 aromatic carbocycles. The molecule has 0 atom stereocenters. The summed E-state index contributed by atoms with van der Waals surface area (Å²) in [5, 5.41) is 2.26. The zero-order valence-electron chi connectivity index (χ0n) is 28.9. The summed E-state index contributed by atoms with van der Waals surface area (Å²) >= 11 is 0. The Labute approximate surface area is 303 Å². The van der Waals surface area contributed by atoms with Gasteiger partial charge in [-0.05, 0) is 81.8 Å².